The van der Waals surface area contributed by atoms with E-state index in [0.29, 0.717) is 12.5 Å². The lowest BCUT2D eigenvalue weighted by Crippen LogP contribution is -2.25. The first-order valence-electron chi connectivity index (χ1n) is 11.2. The molecule has 1 saturated heterocycles. The summed E-state index contributed by atoms with van der Waals surface area (Å²) in [5.41, 5.74) is 11.2. The van der Waals surface area contributed by atoms with Crippen molar-refractivity contribution in [3.05, 3.63) is 66.5 Å². The standard InChI is InChI=1S/C26H32N6/c1-5-20(17-31(3)4)21-7-6-8-22(12-21)25-29-15-24(23-11-18(2)28-14-23)26(30-25)32-10-9-19(13-27)16-32/h5-8,11-12,14-15,17-19H,1,9-10,13,16,27H2,2-4H3/b20-17+. The monoisotopic (exact) mass is 428 g/mol. The second-order valence-electron chi connectivity index (χ2n) is 8.74. The van der Waals surface area contributed by atoms with Crippen molar-refractivity contribution in [3.63, 3.8) is 0 Å². The van der Waals surface area contributed by atoms with Crippen molar-refractivity contribution in [1.82, 2.24) is 14.9 Å². The number of hydrogen-bond donors (Lipinski definition) is 1. The van der Waals surface area contributed by atoms with Crippen LogP contribution in [0.3, 0.4) is 0 Å². The second kappa shape index (κ2) is 9.49. The Balaban J connectivity index is 1.76. The predicted octanol–water partition coefficient (Wildman–Crippen LogP) is 3.87. The SMILES string of the molecule is C=C/C(=C\N(C)C)c1cccc(-c2ncc(C3=CC(C)N=C3)c(N3CCC(CN)C3)n2)c1. The van der Waals surface area contributed by atoms with Crippen molar-refractivity contribution in [2.45, 2.75) is 19.4 Å². The van der Waals surface area contributed by atoms with Crippen LogP contribution in [0.2, 0.25) is 0 Å². The molecule has 0 amide bonds. The van der Waals surface area contributed by atoms with E-state index in [2.05, 4.69) is 53.9 Å². The van der Waals surface area contributed by atoms with E-state index in [4.69, 9.17) is 15.7 Å². The topological polar surface area (TPSA) is 70.6 Å². The smallest absolute Gasteiger partial charge is 0.161 e. The number of benzene rings is 1. The highest BCUT2D eigenvalue weighted by molar-refractivity contribution is 6.13. The molecule has 2 aliphatic rings. The second-order valence-corrected chi connectivity index (χ2v) is 8.74. The molecule has 2 aliphatic heterocycles. The van der Waals surface area contributed by atoms with Gasteiger partial charge >= 0.3 is 0 Å². The van der Waals surface area contributed by atoms with Gasteiger partial charge in [-0.25, -0.2) is 9.97 Å². The van der Waals surface area contributed by atoms with Gasteiger partial charge in [0.25, 0.3) is 0 Å². The van der Waals surface area contributed by atoms with Gasteiger partial charge in [0.2, 0.25) is 0 Å². The highest BCUT2D eigenvalue weighted by Gasteiger charge is 2.26. The third-order valence-corrected chi connectivity index (χ3v) is 5.94. The minimum Gasteiger partial charge on any atom is -0.383 e. The summed E-state index contributed by atoms with van der Waals surface area (Å²) in [5, 5.41) is 0. The first-order chi connectivity index (χ1) is 15.5. The fraction of sp³-hybridized carbons (Fsp3) is 0.346. The zero-order valence-corrected chi connectivity index (χ0v) is 19.2. The van der Waals surface area contributed by atoms with E-state index in [1.54, 1.807) is 0 Å². The van der Waals surface area contributed by atoms with E-state index in [1.807, 2.05) is 43.5 Å². The molecule has 0 aliphatic carbocycles. The van der Waals surface area contributed by atoms with Gasteiger partial charge in [-0.15, -0.1) is 0 Å². The molecule has 2 aromatic rings. The van der Waals surface area contributed by atoms with Crippen LogP contribution in [-0.2, 0) is 0 Å². The average Bonchev–Trinajstić information content (AvgIpc) is 3.46. The molecule has 0 saturated carbocycles. The Morgan fingerprint density at radius 3 is 2.84 bits per heavy atom. The maximum absolute atomic E-state index is 5.96. The Bertz CT molecular complexity index is 1080. The molecule has 1 fully saturated rings. The fourth-order valence-corrected chi connectivity index (χ4v) is 4.24. The van der Waals surface area contributed by atoms with E-state index in [9.17, 15) is 0 Å². The maximum atomic E-state index is 5.96. The van der Waals surface area contributed by atoms with Crippen LogP contribution in [0.5, 0.6) is 0 Å². The quantitative estimate of drug-likeness (QED) is 0.678. The highest BCUT2D eigenvalue weighted by Crippen LogP contribution is 2.32. The number of aromatic nitrogens is 2. The molecule has 0 radical (unpaired) electrons. The number of nitrogens with two attached hydrogens (primary N) is 1. The molecule has 6 heteroatoms. The summed E-state index contributed by atoms with van der Waals surface area (Å²) in [4.78, 5) is 18.7. The number of aliphatic imine (C=N–C) groups is 1. The fourth-order valence-electron chi connectivity index (χ4n) is 4.24. The largest absolute Gasteiger partial charge is 0.383 e. The summed E-state index contributed by atoms with van der Waals surface area (Å²) in [7, 11) is 4.02. The van der Waals surface area contributed by atoms with Gasteiger partial charge in [-0.3, -0.25) is 4.99 Å². The summed E-state index contributed by atoms with van der Waals surface area (Å²) in [5.74, 6) is 2.19. The van der Waals surface area contributed by atoms with Crippen molar-refractivity contribution >= 4 is 23.2 Å². The van der Waals surface area contributed by atoms with Crippen molar-refractivity contribution in [2.24, 2.45) is 16.6 Å². The minimum absolute atomic E-state index is 0.186. The van der Waals surface area contributed by atoms with Gasteiger partial charge in [0.15, 0.2) is 5.82 Å². The van der Waals surface area contributed by atoms with E-state index in [-0.39, 0.29) is 6.04 Å². The number of allylic oxidation sites excluding steroid dienone is 3. The Labute approximate surface area is 190 Å². The first kappa shape index (κ1) is 22.0. The van der Waals surface area contributed by atoms with Crippen molar-refractivity contribution in [1.29, 1.82) is 0 Å². The number of hydrogen-bond acceptors (Lipinski definition) is 6. The molecular weight excluding hydrogens is 396 g/mol. The van der Waals surface area contributed by atoms with Gasteiger partial charge in [-0.05, 0) is 43.0 Å². The van der Waals surface area contributed by atoms with Crippen LogP contribution in [0.15, 0.2) is 60.4 Å². The van der Waals surface area contributed by atoms with Gasteiger partial charge in [0, 0.05) is 62.5 Å². The highest BCUT2D eigenvalue weighted by atomic mass is 15.2. The van der Waals surface area contributed by atoms with Crippen LogP contribution in [0.1, 0.15) is 24.5 Å². The van der Waals surface area contributed by atoms with Crippen LogP contribution in [0.25, 0.3) is 22.5 Å². The van der Waals surface area contributed by atoms with E-state index in [0.717, 1.165) is 59.0 Å². The third kappa shape index (κ3) is 4.65. The first-order valence-corrected chi connectivity index (χ1v) is 11.2. The lowest BCUT2D eigenvalue weighted by atomic mass is 10.0. The maximum Gasteiger partial charge on any atom is 0.161 e. The van der Waals surface area contributed by atoms with Gasteiger partial charge in [0.05, 0.1) is 6.04 Å². The van der Waals surface area contributed by atoms with Crippen LogP contribution in [-0.4, -0.2) is 60.9 Å². The lowest BCUT2D eigenvalue weighted by molar-refractivity contribution is 0.566. The minimum atomic E-state index is 0.186. The Morgan fingerprint density at radius 1 is 1.34 bits per heavy atom. The predicted molar refractivity (Wildman–Crippen MR) is 135 cm³/mol. The Morgan fingerprint density at radius 2 is 2.19 bits per heavy atom. The van der Waals surface area contributed by atoms with Crippen molar-refractivity contribution in [3.8, 4) is 11.4 Å². The molecule has 1 aromatic carbocycles. The van der Waals surface area contributed by atoms with Crippen LogP contribution < -0.4 is 10.6 Å². The van der Waals surface area contributed by atoms with E-state index >= 15 is 0 Å². The molecule has 0 spiro atoms. The lowest BCUT2D eigenvalue weighted by Gasteiger charge is -2.21. The molecular formula is C26H32N6. The van der Waals surface area contributed by atoms with Gasteiger partial charge in [-0.2, -0.15) is 0 Å². The number of rotatable bonds is 7. The normalized spacial score (nSPS) is 20.6. The van der Waals surface area contributed by atoms with Gasteiger partial charge < -0.3 is 15.5 Å². The molecule has 32 heavy (non-hydrogen) atoms. The molecule has 3 heterocycles. The number of nitrogens with zero attached hydrogens (tertiary/aromatic N) is 5. The molecule has 6 nitrogen and oxygen atoms in total. The summed E-state index contributed by atoms with van der Waals surface area (Å²) in [6.07, 6.45) is 11.1. The molecule has 2 unspecified atom stereocenters. The van der Waals surface area contributed by atoms with Crippen LogP contribution in [0.4, 0.5) is 5.82 Å². The van der Waals surface area contributed by atoms with E-state index in [1.165, 1.54) is 0 Å². The molecule has 2 atom stereocenters. The Kier molecular flexibility index (Phi) is 6.51. The molecule has 4 rings (SSSR count). The van der Waals surface area contributed by atoms with Crippen LogP contribution >= 0.6 is 0 Å². The summed E-state index contributed by atoms with van der Waals surface area (Å²) >= 11 is 0. The molecule has 166 valence electrons. The zero-order valence-electron chi connectivity index (χ0n) is 19.2. The average molecular weight is 429 g/mol. The van der Waals surface area contributed by atoms with Gasteiger partial charge in [0.1, 0.15) is 5.82 Å². The summed E-state index contributed by atoms with van der Waals surface area (Å²) in [6.45, 7) is 8.64. The van der Waals surface area contributed by atoms with Crippen molar-refractivity contribution in [2.75, 3.05) is 38.6 Å². The number of anilines is 1. The summed E-state index contributed by atoms with van der Waals surface area (Å²) < 4.78 is 0. The molecule has 1 aromatic heterocycles. The zero-order chi connectivity index (χ0) is 22.7. The molecule has 2 N–H and O–H groups in total. The van der Waals surface area contributed by atoms with Crippen LogP contribution in [0, 0.1) is 5.92 Å². The van der Waals surface area contributed by atoms with Crippen molar-refractivity contribution < 1.29 is 0 Å². The van der Waals surface area contributed by atoms with E-state index < -0.39 is 0 Å². The Hall–Kier alpha value is -3.25. The third-order valence-electron chi connectivity index (χ3n) is 5.94. The summed E-state index contributed by atoms with van der Waals surface area (Å²) in [6, 6.07) is 8.50. The van der Waals surface area contributed by atoms with Gasteiger partial charge in [-0.1, -0.05) is 36.9 Å². The molecule has 0 bridgehead atoms.